The number of nitrogens with one attached hydrogen (secondary N) is 1. The minimum atomic E-state index is -4.91. The van der Waals surface area contributed by atoms with E-state index in [-0.39, 0.29) is 17.8 Å². The van der Waals surface area contributed by atoms with Crippen LogP contribution in [0.2, 0.25) is 0 Å². The molecule has 0 aliphatic carbocycles. The summed E-state index contributed by atoms with van der Waals surface area (Å²) in [5.74, 6) is -1.71. The Morgan fingerprint density at radius 2 is 1.83 bits per heavy atom. The van der Waals surface area contributed by atoms with E-state index < -0.39 is 35.0 Å². The van der Waals surface area contributed by atoms with Crippen LogP contribution < -0.4 is 5.32 Å². The number of piperidine rings is 1. The molecule has 0 saturated carbocycles. The monoisotopic (exact) mass is 433 g/mol. The molecule has 4 rings (SSSR count). The maximum atomic E-state index is 14.0. The number of carbonyl (C=O) groups is 1. The van der Waals surface area contributed by atoms with Crippen molar-refractivity contribution in [3.8, 4) is 5.69 Å². The molecule has 2 aliphatic rings. The molecule has 1 aromatic heterocycles. The molecule has 0 bridgehead atoms. The molecule has 1 N–H and O–H groups in total. The van der Waals surface area contributed by atoms with Gasteiger partial charge in [-0.2, -0.15) is 13.2 Å². The highest BCUT2D eigenvalue weighted by molar-refractivity contribution is 5.93. The van der Waals surface area contributed by atoms with Gasteiger partial charge in [-0.15, -0.1) is 17.5 Å². The predicted molar refractivity (Wildman–Crippen MR) is 98.6 cm³/mol. The minimum absolute atomic E-state index is 0. The van der Waals surface area contributed by atoms with Gasteiger partial charge in [-0.3, -0.25) is 4.79 Å². The number of para-hydroxylation sites is 1. The summed E-state index contributed by atoms with van der Waals surface area (Å²) in [5, 5.41) is 10.2. The smallest absolute Gasteiger partial charge is 0.337 e. The number of carbonyl (C=O) groups excluding carboxylic acids is 1. The number of aromatic nitrogens is 3. The van der Waals surface area contributed by atoms with E-state index in [0.29, 0.717) is 17.8 Å². The highest BCUT2D eigenvalue weighted by Gasteiger charge is 2.45. The SMILES string of the molecule is Cl.O=C(c1nnn(-c2ccccc2F)c1C(F)(F)F)N1CCC2(CCNC2)CC1. The fourth-order valence-electron chi connectivity index (χ4n) is 4.03. The normalized spacial score (nSPS) is 18.7. The van der Waals surface area contributed by atoms with Gasteiger partial charge in [-0.05, 0) is 43.4 Å². The van der Waals surface area contributed by atoms with Gasteiger partial charge in [0.1, 0.15) is 11.5 Å². The average Bonchev–Trinajstić information content (AvgIpc) is 3.29. The number of benzene rings is 1. The molecule has 0 radical (unpaired) electrons. The Balaban J connectivity index is 0.00000240. The lowest BCUT2D eigenvalue weighted by Gasteiger charge is -2.38. The molecule has 2 saturated heterocycles. The molecule has 1 spiro atoms. The van der Waals surface area contributed by atoms with Crippen molar-refractivity contribution in [2.45, 2.75) is 25.4 Å². The van der Waals surface area contributed by atoms with Crippen LogP contribution in [-0.4, -0.2) is 52.0 Å². The van der Waals surface area contributed by atoms with Crippen molar-refractivity contribution in [2.75, 3.05) is 26.2 Å². The summed E-state index contributed by atoms with van der Waals surface area (Å²) >= 11 is 0. The number of rotatable bonds is 2. The Hall–Kier alpha value is -2.20. The molecule has 0 unspecified atom stereocenters. The molecule has 2 fully saturated rings. The van der Waals surface area contributed by atoms with Crippen LogP contribution >= 0.6 is 12.4 Å². The lowest BCUT2D eigenvalue weighted by atomic mass is 9.78. The third-order valence-electron chi connectivity index (χ3n) is 5.67. The summed E-state index contributed by atoms with van der Waals surface area (Å²) in [4.78, 5) is 14.2. The summed E-state index contributed by atoms with van der Waals surface area (Å²) in [5.41, 5.74) is -2.44. The van der Waals surface area contributed by atoms with E-state index in [0.717, 1.165) is 44.5 Å². The van der Waals surface area contributed by atoms with Gasteiger partial charge in [0, 0.05) is 19.6 Å². The summed E-state index contributed by atoms with van der Waals surface area (Å²) in [7, 11) is 0. The minimum Gasteiger partial charge on any atom is -0.337 e. The molecule has 1 aromatic carbocycles. The van der Waals surface area contributed by atoms with Crippen molar-refractivity contribution in [1.82, 2.24) is 25.2 Å². The van der Waals surface area contributed by atoms with Crippen molar-refractivity contribution in [1.29, 1.82) is 0 Å². The number of halogens is 5. The van der Waals surface area contributed by atoms with Crippen molar-refractivity contribution >= 4 is 18.3 Å². The Bertz CT molecular complexity index is 885. The maximum absolute atomic E-state index is 14.0. The number of likely N-dealkylation sites (tertiary alicyclic amines) is 1. The predicted octanol–water partition coefficient (Wildman–Crippen LogP) is 3.06. The van der Waals surface area contributed by atoms with Crippen LogP contribution in [0.15, 0.2) is 24.3 Å². The fraction of sp³-hybridized carbons (Fsp3) is 0.500. The Morgan fingerprint density at radius 3 is 2.41 bits per heavy atom. The van der Waals surface area contributed by atoms with E-state index in [9.17, 15) is 22.4 Å². The van der Waals surface area contributed by atoms with Crippen LogP contribution in [0, 0.1) is 11.2 Å². The van der Waals surface area contributed by atoms with Gasteiger partial charge in [0.05, 0.1) is 0 Å². The molecule has 11 heteroatoms. The summed E-state index contributed by atoms with van der Waals surface area (Å²) in [6.07, 6.45) is -2.45. The van der Waals surface area contributed by atoms with Gasteiger partial charge in [0.2, 0.25) is 0 Å². The largest absolute Gasteiger partial charge is 0.435 e. The second-order valence-corrected chi connectivity index (χ2v) is 7.37. The molecular formula is C18H20ClF4N5O. The first kappa shape index (κ1) is 21.5. The lowest BCUT2D eigenvalue weighted by molar-refractivity contribution is -0.143. The first-order valence-corrected chi connectivity index (χ1v) is 9.09. The molecule has 0 atom stereocenters. The highest BCUT2D eigenvalue weighted by Crippen LogP contribution is 2.38. The highest BCUT2D eigenvalue weighted by atomic mass is 35.5. The molecule has 1 amide bonds. The van der Waals surface area contributed by atoms with Crippen LogP contribution in [0.1, 0.15) is 35.4 Å². The second kappa shape index (κ2) is 7.91. The third-order valence-corrected chi connectivity index (χ3v) is 5.67. The fourth-order valence-corrected chi connectivity index (χ4v) is 4.03. The van der Waals surface area contributed by atoms with Crippen molar-refractivity contribution in [3.05, 3.63) is 41.5 Å². The zero-order valence-electron chi connectivity index (χ0n) is 15.4. The van der Waals surface area contributed by atoms with E-state index in [1.54, 1.807) is 0 Å². The van der Waals surface area contributed by atoms with Gasteiger partial charge >= 0.3 is 6.18 Å². The number of amides is 1. The molecule has 3 heterocycles. The summed E-state index contributed by atoms with van der Waals surface area (Å²) in [6, 6.07) is 4.93. The van der Waals surface area contributed by atoms with Gasteiger partial charge in [-0.1, -0.05) is 17.3 Å². The molecular weight excluding hydrogens is 414 g/mol. The summed E-state index contributed by atoms with van der Waals surface area (Å²) in [6.45, 7) is 2.52. The van der Waals surface area contributed by atoms with Gasteiger partial charge in [-0.25, -0.2) is 9.07 Å². The molecule has 2 aliphatic heterocycles. The van der Waals surface area contributed by atoms with Crippen LogP contribution in [0.5, 0.6) is 0 Å². The number of hydrogen-bond donors (Lipinski definition) is 1. The van der Waals surface area contributed by atoms with Crippen molar-refractivity contribution in [2.24, 2.45) is 5.41 Å². The molecule has 6 nitrogen and oxygen atoms in total. The van der Waals surface area contributed by atoms with Crippen LogP contribution in [0.25, 0.3) is 5.69 Å². The van der Waals surface area contributed by atoms with Gasteiger partial charge in [0.25, 0.3) is 5.91 Å². The average molecular weight is 434 g/mol. The molecule has 29 heavy (non-hydrogen) atoms. The second-order valence-electron chi connectivity index (χ2n) is 7.37. The van der Waals surface area contributed by atoms with Crippen LogP contribution in [0.3, 0.4) is 0 Å². The molecule has 158 valence electrons. The Labute approximate surface area is 170 Å². The lowest BCUT2D eigenvalue weighted by Crippen LogP contribution is -2.44. The standard InChI is InChI=1S/C18H19F4N5O.ClH/c19-12-3-1-2-4-13(12)27-15(18(20,21)22)14(24-25-27)16(28)26-9-6-17(7-10-26)5-8-23-11-17;/h1-4,23H,5-11H2;1H. The van der Waals surface area contributed by atoms with Crippen LogP contribution in [0.4, 0.5) is 17.6 Å². The topological polar surface area (TPSA) is 63.1 Å². The van der Waals surface area contributed by atoms with Crippen LogP contribution in [-0.2, 0) is 6.18 Å². The van der Waals surface area contributed by atoms with Gasteiger partial charge in [0.15, 0.2) is 11.4 Å². The number of hydrogen-bond acceptors (Lipinski definition) is 4. The van der Waals surface area contributed by atoms with E-state index >= 15 is 0 Å². The first-order chi connectivity index (χ1) is 13.3. The van der Waals surface area contributed by atoms with Gasteiger partial charge < -0.3 is 10.2 Å². The zero-order valence-corrected chi connectivity index (χ0v) is 16.2. The zero-order chi connectivity index (χ0) is 19.9. The van der Waals surface area contributed by atoms with E-state index in [4.69, 9.17) is 0 Å². The van der Waals surface area contributed by atoms with E-state index in [1.165, 1.54) is 17.0 Å². The maximum Gasteiger partial charge on any atom is 0.435 e. The Kier molecular flexibility index (Phi) is 5.86. The number of nitrogens with zero attached hydrogens (tertiary/aromatic N) is 4. The molecule has 2 aromatic rings. The third kappa shape index (κ3) is 3.95. The van der Waals surface area contributed by atoms with Crippen molar-refractivity contribution < 1.29 is 22.4 Å². The quantitative estimate of drug-likeness (QED) is 0.739. The number of alkyl halides is 3. The van der Waals surface area contributed by atoms with E-state index in [2.05, 4.69) is 15.6 Å². The Morgan fingerprint density at radius 1 is 1.14 bits per heavy atom. The van der Waals surface area contributed by atoms with E-state index in [1.807, 2.05) is 0 Å². The first-order valence-electron chi connectivity index (χ1n) is 9.09. The van der Waals surface area contributed by atoms with Crippen molar-refractivity contribution in [3.63, 3.8) is 0 Å². The summed E-state index contributed by atoms with van der Waals surface area (Å²) < 4.78 is 55.6.